The summed E-state index contributed by atoms with van der Waals surface area (Å²) in [5.41, 5.74) is 0.856. The lowest BCUT2D eigenvalue weighted by Crippen LogP contribution is -2.87. The van der Waals surface area contributed by atoms with Gasteiger partial charge in [-0.05, 0) is 36.8 Å². The number of fused-ring (bicyclic) bond motifs is 1. The number of aromatic amines is 1. The molecule has 2 heterocycles. The molecule has 1 aliphatic heterocycles. The van der Waals surface area contributed by atoms with Crippen molar-refractivity contribution in [1.29, 1.82) is 0 Å². The van der Waals surface area contributed by atoms with Crippen molar-refractivity contribution < 1.29 is 24.6 Å². The number of rotatable bonds is 6. The molecule has 0 unspecified atom stereocenters. The first-order chi connectivity index (χ1) is 15.5. The summed E-state index contributed by atoms with van der Waals surface area (Å²) in [6, 6.07) is 10.0. The van der Waals surface area contributed by atoms with E-state index in [4.69, 9.17) is 14.2 Å². The number of aromatic nitrogens is 2. The lowest BCUT2D eigenvalue weighted by molar-refractivity contribution is -0.690. The molecule has 0 spiro atoms. The highest BCUT2D eigenvalue weighted by atomic mass is 16.5. The van der Waals surface area contributed by atoms with E-state index in [1.54, 1.807) is 38.5 Å². The Morgan fingerprint density at radius 2 is 1.84 bits per heavy atom. The summed E-state index contributed by atoms with van der Waals surface area (Å²) in [5.74, 6) is 1.12. The van der Waals surface area contributed by atoms with Crippen LogP contribution in [0.4, 0.5) is 0 Å². The second-order valence-corrected chi connectivity index (χ2v) is 7.39. The molecule has 0 fully saturated rings. The number of nitrogens with one attached hydrogen (secondary N) is 1. The van der Waals surface area contributed by atoms with Crippen LogP contribution in [0.5, 0.6) is 23.1 Å². The number of nitrogens with zero attached hydrogens (tertiary/aromatic N) is 1. The van der Waals surface area contributed by atoms with Crippen LogP contribution in [0, 0.1) is 0 Å². The Hall–Kier alpha value is -3.72. The van der Waals surface area contributed by atoms with E-state index < -0.39 is 23.2 Å². The summed E-state index contributed by atoms with van der Waals surface area (Å²) in [6.45, 7) is 2.90. The van der Waals surface area contributed by atoms with Gasteiger partial charge in [0.25, 0.3) is 5.56 Å². The molecular formula is C23H26N3O6+. The van der Waals surface area contributed by atoms with Crippen LogP contribution >= 0.6 is 0 Å². The van der Waals surface area contributed by atoms with E-state index in [0.717, 1.165) is 22.1 Å². The zero-order chi connectivity index (χ0) is 22.8. The van der Waals surface area contributed by atoms with Gasteiger partial charge in [0, 0.05) is 12.0 Å². The Balaban J connectivity index is 1.94. The number of hydrogen-bond acceptors (Lipinski definition) is 6. The van der Waals surface area contributed by atoms with Crippen molar-refractivity contribution in [3.8, 4) is 28.8 Å². The van der Waals surface area contributed by atoms with Gasteiger partial charge in [-0.3, -0.25) is 9.78 Å². The number of hydrogen-bond donors (Lipinski definition) is 3. The molecule has 168 valence electrons. The van der Waals surface area contributed by atoms with Crippen molar-refractivity contribution in [1.82, 2.24) is 9.55 Å². The smallest absolute Gasteiger partial charge is 0.335 e. The SMILES string of the molecule is CCOc1ccccc1-n1c(O)c([C@H]2[NH2+]CCc3cc(OC)c(OC)cc32)c(=O)[nH]c1=O. The van der Waals surface area contributed by atoms with Crippen LogP contribution in [0.2, 0.25) is 0 Å². The third-order valence-electron chi connectivity index (χ3n) is 5.63. The molecule has 9 heteroatoms. The predicted octanol–water partition coefficient (Wildman–Crippen LogP) is 0.856. The standard InChI is InChI=1S/C23H25N3O6/c1-4-32-16-8-6-5-7-15(16)26-22(28)19(21(27)25-23(26)29)20-14-12-18(31-3)17(30-2)11-13(14)9-10-24-20/h5-8,11-12,20,24,28H,4,9-10H2,1-3H3,(H,25,27,29)/p+1/t20-/m0/s1. The molecule has 0 aliphatic carbocycles. The molecule has 0 amide bonds. The Morgan fingerprint density at radius 3 is 2.56 bits per heavy atom. The topological polar surface area (TPSA) is 119 Å². The fraction of sp³-hybridized carbons (Fsp3) is 0.304. The van der Waals surface area contributed by atoms with Crippen LogP contribution in [-0.2, 0) is 6.42 Å². The molecule has 32 heavy (non-hydrogen) atoms. The maximum atomic E-state index is 12.9. The fourth-order valence-electron chi connectivity index (χ4n) is 4.21. The average molecular weight is 440 g/mol. The van der Waals surface area contributed by atoms with Crippen LogP contribution in [-0.4, -0.2) is 42.0 Å². The minimum absolute atomic E-state index is 0.0871. The second-order valence-electron chi connectivity index (χ2n) is 7.39. The second kappa shape index (κ2) is 8.80. The molecular weight excluding hydrogens is 414 g/mol. The first-order valence-electron chi connectivity index (χ1n) is 10.4. The average Bonchev–Trinajstić information content (AvgIpc) is 2.79. The zero-order valence-electron chi connectivity index (χ0n) is 18.2. The summed E-state index contributed by atoms with van der Waals surface area (Å²) in [7, 11) is 3.11. The highest BCUT2D eigenvalue weighted by Gasteiger charge is 2.33. The first kappa shape index (κ1) is 21.5. The minimum Gasteiger partial charge on any atom is -0.494 e. The van der Waals surface area contributed by atoms with E-state index in [2.05, 4.69) is 4.98 Å². The largest absolute Gasteiger partial charge is 0.494 e. The molecule has 0 radical (unpaired) electrons. The first-order valence-corrected chi connectivity index (χ1v) is 10.4. The maximum absolute atomic E-state index is 12.9. The molecule has 0 saturated carbocycles. The number of nitrogens with two attached hydrogens (primary N) is 1. The summed E-state index contributed by atoms with van der Waals surface area (Å²) in [5, 5.41) is 13.2. The van der Waals surface area contributed by atoms with E-state index in [0.29, 0.717) is 36.1 Å². The summed E-state index contributed by atoms with van der Waals surface area (Å²) in [6.07, 6.45) is 0.762. The minimum atomic E-state index is -0.744. The van der Waals surface area contributed by atoms with Crippen LogP contribution in [0.15, 0.2) is 46.0 Å². The number of H-pyrrole nitrogens is 1. The van der Waals surface area contributed by atoms with Crippen LogP contribution in [0.1, 0.15) is 29.7 Å². The van der Waals surface area contributed by atoms with E-state index in [1.165, 1.54) is 0 Å². The van der Waals surface area contributed by atoms with E-state index >= 15 is 0 Å². The van der Waals surface area contributed by atoms with Gasteiger partial charge in [-0.2, -0.15) is 0 Å². The zero-order valence-corrected chi connectivity index (χ0v) is 18.2. The van der Waals surface area contributed by atoms with Gasteiger partial charge in [0.1, 0.15) is 17.4 Å². The molecule has 0 saturated heterocycles. The van der Waals surface area contributed by atoms with E-state index in [9.17, 15) is 14.7 Å². The molecule has 0 bridgehead atoms. The molecule has 3 aromatic rings. The van der Waals surface area contributed by atoms with Crippen LogP contribution in [0.3, 0.4) is 0 Å². The van der Waals surface area contributed by atoms with Crippen molar-refractivity contribution in [2.75, 3.05) is 27.4 Å². The molecule has 2 aromatic carbocycles. The van der Waals surface area contributed by atoms with Crippen molar-refractivity contribution in [3.63, 3.8) is 0 Å². The number of methoxy groups -OCH3 is 2. The van der Waals surface area contributed by atoms with E-state index in [-0.39, 0.29) is 5.56 Å². The summed E-state index contributed by atoms with van der Waals surface area (Å²) < 4.78 is 17.6. The van der Waals surface area contributed by atoms with Gasteiger partial charge in [0.15, 0.2) is 11.5 Å². The number of para-hydroxylation sites is 2. The Labute approximate surface area is 184 Å². The quantitative estimate of drug-likeness (QED) is 0.523. The molecule has 1 aromatic heterocycles. The monoisotopic (exact) mass is 440 g/mol. The fourth-order valence-corrected chi connectivity index (χ4v) is 4.21. The Kier molecular flexibility index (Phi) is 5.91. The molecule has 1 atom stereocenters. The van der Waals surface area contributed by atoms with Gasteiger partial charge in [0.05, 0.1) is 33.1 Å². The van der Waals surface area contributed by atoms with Gasteiger partial charge >= 0.3 is 5.69 Å². The van der Waals surface area contributed by atoms with Gasteiger partial charge < -0.3 is 24.6 Å². The molecule has 4 rings (SSSR count). The van der Waals surface area contributed by atoms with Gasteiger partial charge in [0.2, 0.25) is 5.88 Å². The lowest BCUT2D eigenvalue weighted by atomic mass is 9.90. The lowest BCUT2D eigenvalue weighted by Gasteiger charge is -2.26. The van der Waals surface area contributed by atoms with Gasteiger partial charge in [-0.25, -0.2) is 9.36 Å². The normalized spacial score (nSPS) is 15.2. The predicted molar refractivity (Wildman–Crippen MR) is 117 cm³/mol. The third-order valence-corrected chi connectivity index (χ3v) is 5.63. The summed E-state index contributed by atoms with van der Waals surface area (Å²) in [4.78, 5) is 28.0. The Bertz CT molecular complexity index is 1260. The maximum Gasteiger partial charge on any atom is 0.335 e. The highest BCUT2D eigenvalue weighted by molar-refractivity contribution is 5.53. The third kappa shape index (κ3) is 3.60. The molecule has 1 aliphatic rings. The van der Waals surface area contributed by atoms with Crippen molar-refractivity contribution in [2.24, 2.45) is 0 Å². The van der Waals surface area contributed by atoms with Gasteiger partial charge in [-0.15, -0.1) is 0 Å². The van der Waals surface area contributed by atoms with Gasteiger partial charge in [-0.1, -0.05) is 12.1 Å². The number of ether oxygens (including phenoxy) is 3. The number of aromatic hydroxyl groups is 1. The van der Waals surface area contributed by atoms with Crippen molar-refractivity contribution in [3.05, 3.63) is 73.9 Å². The summed E-state index contributed by atoms with van der Waals surface area (Å²) >= 11 is 0. The highest BCUT2D eigenvalue weighted by Crippen LogP contribution is 2.37. The molecule has 4 N–H and O–H groups in total. The van der Waals surface area contributed by atoms with Crippen molar-refractivity contribution >= 4 is 0 Å². The number of quaternary nitrogens is 1. The van der Waals surface area contributed by atoms with Crippen LogP contribution < -0.4 is 30.8 Å². The van der Waals surface area contributed by atoms with Crippen molar-refractivity contribution in [2.45, 2.75) is 19.4 Å². The number of benzene rings is 2. The van der Waals surface area contributed by atoms with Crippen LogP contribution in [0.25, 0.3) is 5.69 Å². The van der Waals surface area contributed by atoms with E-state index in [1.807, 2.05) is 24.4 Å². The molecule has 9 nitrogen and oxygen atoms in total. The Morgan fingerprint density at radius 1 is 1.12 bits per heavy atom.